The Balaban J connectivity index is 1.51. The highest BCUT2D eigenvalue weighted by molar-refractivity contribution is 6.00. The number of rotatable bonds is 6. The third-order valence-electron chi connectivity index (χ3n) is 7.34. The van der Waals surface area contributed by atoms with Gasteiger partial charge in [-0.25, -0.2) is 0 Å². The van der Waals surface area contributed by atoms with Gasteiger partial charge in [0, 0.05) is 37.3 Å². The first kappa shape index (κ1) is 24.5. The van der Waals surface area contributed by atoms with Crippen LogP contribution in [0.2, 0.25) is 0 Å². The first-order chi connectivity index (χ1) is 17.2. The molecule has 36 heavy (non-hydrogen) atoms. The number of aryl methyl sites for hydroxylation is 1. The highest BCUT2D eigenvalue weighted by Crippen LogP contribution is 2.45. The number of H-pyrrole nitrogens is 1. The summed E-state index contributed by atoms with van der Waals surface area (Å²) in [6, 6.07) is 13.8. The number of hydrogen-bond acceptors (Lipinski definition) is 5. The molecule has 1 amide bonds. The molecule has 2 N–H and O–H groups in total. The molecule has 0 saturated carbocycles. The quantitative estimate of drug-likeness (QED) is 0.528. The van der Waals surface area contributed by atoms with Crippen molar-refractivity contribution < 1.29 is 14.6 Å². The Labute approximate surface area is 213 Å². The van der Waals surface area contributed by atoms with Crippen LogP contribution in [0.15, 0.2) is 42.5 Å². The minimum absolute atomic E-state index is 0.0391. The maximum absolute atomic E-state index is 13.6. The Bertz CT molecular complexity index is 1240. The van der Waals surface area contributed by atoms with E-state index in [2.05, 4.69) is 60.1 Å². The normalized spacial score (nSPS) is 18.6. The third kappa shape index (κ3) is 4.65. The maximum Gasteiger partial charge on any atom is 0.273 e. The zero-order valence-corrected chi connectivity index (χ0v) is 21.7. The van der Waals surface area contributed by atoms with Gasteiger partial charge in [-0.15, -0.1) is 0 Å². The number of phenolic OH excluding ortho intramolecular Hbond substituents is 1. The molecule has 0 spiro atoms. The molecule has 0 unspecified atom stereocenters. The molecule has 2 aromatic carbocycles. The Morgan fingerprint density at radius 1 is 1.08 bits per heavy atom. The van der Waals surface area contributed by atoms with Crippen LogP contribution in [0, 0.1) is 6.92 Å². The fourth-order valence-corrected chi connectivity index (χ4v) is 5.27. The fourth-order valence-electron chi connectivity index (χ4n) is 5.27. The molecule has 3 aromatic rings. The van der Waals surface area contributed by atoms with Crippen LogP contribution < -0.4 is 0 Å². The second-order valence-corrected chi connectivity index (χ2v) is 11.0. The van der Waals surface area contributed by atoms with Crippen LogP contribution in [0.4, 0.5) is 0 Å². The van der Waals surface area contributed by atoms with Gasteiger partial charge in [-0.2, -0.15) is 5.10 Å². The van der Waals surface area contributed by atoms with Crippen LogP contribution in [0.25, 0.3) is 11.3 Å². The topological polar surface area (TPSA) is 81.7 Å². The standard InChI is InChI=1S/C29H36N4O3/c1-19-6-11-23(34)22(18-19)25-24-26(31-30-25)28(35)33(13-5-12-32-14-16-36-17-15-32)27(24)20-7-9-21(10-8-20)29(2,3)4/h6-11,18,27,34H,5,12-17H2,1-4H3,(H,30,31)/t27-/m1/s1. The van der Waals surface area contributed by atoms with Gasteiger partial charge in [0.1, 0.15) is 17.1 Å². The highest BCUT2D eigenvalue weighted by Gasteiger charge is 2.42. The molecule has 0 aliphatic carbocycles. The average Bonchev–Trinajstić information content (AvgIpc) is 3.40. The van der Waals surface area contributed by atoms with E-state index < -0.39 is 0 Å². The predicted octanol–water partition coefficient (Wildman–Crippen LogP) is 4.66. The molecular formula is C29H36N4O3. The monoisotopic (exact) mass is 488 g/mol. The lowest BCUT2D eigenvalue weighted by Crippen LogP contribution is -2.38. The highest BCUT2D eigenvalue weighted by atomic mass is 16.5. The number of aromatic hydroxyl groups is 1. The number of aromatic amines is 1. The molecule has 2 aliphatic heterocycles. The number of benzene rings is 2. The summed E-state index contributed by atoms with van der Waals surface area (Å²) in [5, 5.41) is 18.2. The second-order valence-electron chi connectivity index (χ2n) is 11.0. The molecule has 1 atom stereocenters. The van der Waals surface area contributed by atoms with E-state index in [1.165, 1.54) is 5.56 Å². The average molecular weight is 489 g/mol. The van der Waals surface area contributed by atoms with Crippen molar-refractivity contribution in [3.8, 4) is 17.0 Å². The minimum atomic E-state index is -0.264. The predicted molar refractivity (Wildman–Crippen MR) is 140 cm³/mol. The van der Waals surface area contributed by atoms with Crippen molar-refractivity contribution >= 4 is 5.91 Å². The maximum atomic E-state index is 13.6. The molecule has 1 aromatic heterocycles. The van der Waals surface area contributed by atoms with Crippen molar-refractivity contribution in [2.45, 2.75) is 45.6 Å². The Kier molecular flexibility index (Phi) is 6.62. The smallest absolute Gasteiger partial charge is 0.273 e. The number of fused-ring (bicyclic) bond motifs is 1. The molecule has 7 nitrogen and oxygen atoms in total. The number of ether oxygens (including phenoxy) is 1. The van der Waals surface area contributed by atoms with Crippen LogP contribution in [-0.2, 0) is 10.2 Å². The van der Waals surface area contributed by atoms with E-state index in [1.807, 2.05) is 24.0 Å². The van der Waals surface area contributed by atoms with Gasteiger partial charge in [0.2, 0.25) is 0 Å². The summed E-state index contributed by atoms with van der Waals surface area (Å²) in [5.74, 6) is 0.123. The van der Waals surface area contributed by atoms with Crippen LogP contribution in [-0.4, -0.2) is 70.4 Å². The van der Waals surface area contributed by atoms with Crippen LogP contribution in [0.1, 0.15) is 66.0 Å². The van der Waals surface area contributed by atoms with Gasteiger partial charge in [0.15, 0.2) is 0 Å². The van der Waals surface area contributed by atoms with E-state index >= 15 is 0 Å². The number of phenols is 1. The summed E-state index contributed by atoms with van der Waals surface area (Å²) in [7, 11) is 0. The van der Waals surface area contributed by atoms with Crippen molar-refractivity contribution in [3.05, 3.63) is 70.4 Å². The van der Waals surface area contributed by atoms with E-state index in [9.17, 15) is 9.90 Å². The number of aromatic nitrogens is 2. The lowest BCUT2D eigenvalue weighted by molar-refractivity contribution is 0.0354. The summed E-state index contributed by atoms with van der Waals surface area (Å²) >= 11 is 0. The third-order valence-corrected chi connectivity index (χ3v) is 7.34. The summed E-state index contributed by atoms with van der Waals surface area (Å²) in [6.45, 7) is 13.6. The van der Waals surface area contributed by atoms with E-state index in [4.69, 9.17) is 4.74 Å². The summed E-state index contributed by atoms with van der Waals surface area (Å²) in [6.07, 6.45) is 0.880. The van der Waals surface area contributed by atoms with Gasteiger partial charge in [-0.05, 0) is 42.0 Å². The molecule has 1 fully saturated rings. The van der Waals surface area contributed by atoms with E-state index in [-0.39, 0.29) is 23.1 Å². The summed E-state index contributed by atoms with van der Waals surface area (Å²) < 4.78 is 5.47. The van der Waals surface area contributed by atoms with Crippen molar-refractivity contribution in [1.29, 1.82) is 0 Å². The molecule has 3 heterocycles. The van der Waals surface area contributed by atoms with Crippen molar-refractivity contribution in [2.75, 3.05) is 39.4 Å². The van der Waals surface area contributed by atoms with Gasteiger partial charge >= 0.3 is 0 Å². The van der Waals surface area contributed by atoms with Gasteiger partial charge in [0.25, 0.3) is 5.91 Å². The zero-order chi connectivity index (χ0) is 25.4. The van der Waals surface area contributed by atoms with Crippen molar-refractivity contribution in [1.82, 2.24) is 20.0 Å². The van der Waals surface area contributed by atoms with E-state index in [1.54, 1.807) is 6.07 Å². The molecule has 1 saturated heterocycles. The SMILES string of the molecule is Cc1ccc(O)c(-c2n[nH]c3c2[C@@H](c2ccc(C(C)(C)C)cc2)N(CCCN2CCOCC2)C3=O)c1. The number of morpholine rings is 1. The lowest BCUT2D eigenvalue weighted by Gasteiger charge is -2.30. The second kappa shape index (κ2) is 9.71. The van der Waals surface area contributed by atoms with Gasteiger partial charge in [-0.3, -0.25) is 14.8 Å². The largest absolute Gasteiger partial charge is 0.507 e. The number of nitrogens with zero attached hydrogens (tertiary/aromatic N) is 3. The van der Waals surface area contributed by atoms with Gasteiger partial charge < -0.3 is 14.7 Å². The van der Waals surface area contributed by atoms with Crippen molar-refractivity contribution in [2.24, 2.45) is 0 Å². The molecule has 0 bridgehead atoms. The van der Waals surface area contributed by atoms with Crippen molar-refractivity contribution in [3.63, 3.8) is 0 Å². The number of hydrogen-bond donors (Lipinski definition) is 2. The number of carbonyl (C=O) groups is 1. The van der Waals surface area contributed by atoms with Crippen LogP contribution in [0.3, 0.4) is 0 Å². The zero-order valence-electron chi connectivity index (χ0n) is 21.7. The number of amides is 1. The molecule has 5 rings (SSSR count). The van der Waals surface area contributed by atoms with Gasteiger partial charge in [-0.1, -0.05) is 56.7 Å². The fraction of sp³-hybridized carbons (Fsp3) is 0.448. The van der Waals surface area contributed by atoms with E-state index in [0.29, 0.717) is 23.5 Å². The minimum Gasteiger partial charge on any atom is -0.507 e. The molecule has 0 radical (unpaired) electrons. The summed E-state index contributed by atoms with van der Waals surface area (Å²) in [5.41, 5.74) is 6.01. The molecule has 190 valence electrons. The Morgan fingerprint density at radius 2 is 1.81 bits per heavy atom. The van der Waals surface area contributed by atoms with Crippen LogP contribution in [0.5, 0.6) is 5.75 Å². The molecule has 2 aliphatic rings. The number of carbonyl (C=O) groups excluding carboxylic acids is 1. The molecule has 7 heteroatoms. The first-order valence-electron chi connectivity index (χ1n) is 12.8. The lowest BCUT2D eigenvalue weighted by atomic mass is 9.85. The van der Waals surface area contributed by atoms with Gasteiger partial charge in [0.05, 0.1) is 19.3 Å². The Hall–Kier alpha value is -3.16. The summed E-state index contributed by atoms with van der Waals surface area (Å²) in [4.78, 5) is 18.0. The number of nitrogens with one attached hydrogen (secondary N) is 1. The Morgan fingerprint density at radius 3 is 2.50 bits per heavy atom. The molecular weight excluding hydrogens is 452 g/mol. The van der Waals surface area contributed by atoms with E-state index in [0.717, 1.165) is 56.0 Å². The van der Waals surface area contributed by atoms with Crippen LogP contribution >= 0.6 is 0 Å². The first-order valence-corrected chi connectivity index (χ1v) is 12.8.